The van der Waals surface area contributed by atoms with Crippen LogP contribution in [0.25, 0.3) is 23.1 Å². The Morgan fingerprint density at radius 1 is 1.09 bits per heavy atom. The minimum atomic E-state index is -0.941. The van der Waals surface area contributed by atoms with Gasteiger partial charge in [-0.1, -0.05) is 65.9 Å². The van der Waals surface area contributed by atoms with Crippen LogP contribution >= 0.6 is 11.3 Å². The highest BCUT2D eigenvalue weighted by Crippen LogP contribution is 2.35. The summed E-state index contributed by atoms with van der Waals surface area (Å²) in [7, 11) is 0. The molecule has 1 atom stereocenters. The Hall–Kier alpha value is -5.42. The summed E-state index contributed by atoms with van der Waals surface area (Å²) in [5.41, 5.74) is 2.26. The van der Waals surface area contributed by atoms with Gasteiger partial charge >= 0.3 is 5.97 Å². The number of furan rings is 1. The van der Waals surface area contributed by atoms with Gasteiger partial charge in [0, 0.05) is 28.8 Å². The SMILES string of the molecule is CCOC(=O)C1=C(c2ccccc2)N=c2s/c(=C\c3ccc(-c4ccc(C)c([N+](=O)[O-])c4)o3)c(=O)n2[C@H]1c1ccc(F)cc1. The number of carbonyl (C=O) groups excluding carboxylic acids is 1. The molecule has 0 fully saturated rings. The number of aromatic nitrogens is 1. The van der Waals surface area contributed by atoms with Crippen molar-refractivity contribution in [2.45, 2.75) is 19.9 Å². The molecule has 0 unspecified atom stereocenters. The van der Waals surface area contributed by atoms with Crippen molar-refractivity contribution < 1.29 is 23.3 Å². The first-order chi connectivity index (χ1) is 21.2. The zero-order valence-electron chi connectivity index (χ0n) is 23.5. The molecule has 0 saturated heterocycles. The van der Waals surface area contributed by atoms with E-state index < -0.39 is 28.3 Å². The molecular formula is C33H24FN3O6S. The maximum atomic E-state index is 14.0. The summed E-state index contributed by atoms with van der Waals surface area (Å²) in [4.78, 5) is 43.6. The number of benzene rings is 3. The molecule has 9 nitrogen and oxygen atoms in total. The first-order valence-electron chi connectivity index (χ1n) is 13.6. The van der Waals surface area contributed by atoms with Crippen LogP contribution < -0.4 is 14.9 Å². The topological polar surface area (TPSA) is 117 Å². The van der Waals surface area contributed by atoms with E-state index in [1.165, 1.54) is 34.9 Å². The van der Waals surface area contributed by atoms with Crippen LogP contribution in [0.5, 0.6) is 0 Å². The monoisotopic (exact) mass is 609 g/mol. The van der Waals surface area contributed by atoms with E-state index in [2.05, 4.69) is 0 Å². The summed E-state index contributed by atoms with van der Waals surface area (Å²) in [5.74, 6) is -0.354. The maximum Gasteiger partial charge on any atom is 0.338 e. The lowest BCUT2D eigenvalue weighted by Crippen LogP contribution is -2.40. The molecule has 220 valence electrons. The fraction of sp³-hybridized carbons (Fsp3) is 0.121. The predicted octanol–water partition coefficient (Wildman–Crippen LogP) is 5.55. The highest BCUT2D eigenvalue weighted by atomic mass is 32.1. The highest BCUT2D eigenvalue weighted by molar-refractivity contribution is 7.07. The molecule has 3 heterocycles. The Morgan fingerprint density at radius 3 is 2.55 bits per heavy atom. The lowest BCUT2D eigenvalue weighted by atomic mass is 9.93. The fourth-order valence-corrected chi connectivity index (χ4v) is 6.06. The molecule has 1 aliphatic rings. The minimum absolute atomic E-state index is 0.0267. The van der Waals surface area contributed by atoms with Gasteiger partial charge in [0.1, 0.15) is 17.3 Å². The van der Waals surface area contributed by atoms with E-state index >= 15 is 0 Å². The Morgan fingerprint density at radius 2 is 1.84 bits per heavy atom. The van der Waals surface area contributed by atoms with Crippen LogP contribution in [0.1, 0.15) is 35.4 Å². The van der Waals surface area contributed by atoms with E-state index in [1.807, 2.05) is 30.3 Å². The van der Waals surface area contributed by atoms with Crippen LogP contribution in [0.2, 0.25) is 0 Å². The molecule has 0 bridgehead atoms. The molecule has 0 aliphatic carbocycles. The largest absolute Gasteiger partial charge is 0.463 e. The van der Waals surface area contributed by atoms with Crippen molar-refractivity contribution >= 4 is 34.8 Å². The second-order valence-electron chi connectivity index (χ2n) is 9.94. The van der Waals surface area contributed by atoms with E-state index in [1.54, 1.807) is 44.2 Å². The van der Waals surface area contributed by atoms with Gasteiger partial charge in [-0.05, 0) is 43.7 Å². The first kappa shape index (κ1) is 28.7. The normalized spacial score (nSPS) is 14.7. The summed E-state index contributed by atoms with van der Waals surface area (Å²) in [6.07, 6.45) is 1.56. The number of nitro groups is 1. The molecule has 0 radical (unpaired) electrons. The second-order valence-corrected chi connectivity index (χ2v) is 11.0. The molecule has 11 heteroatoms. The lowest BCUT2D eigenvalue weighted by Gasteiger charge is -2.25. The van der Waals surface area contributed by atoms with Crippen molar-refractivity contribution in [2.75, 3.05) is 6.61 Å². The Balaban J connectivity index is 1.53. The van der Waals surface area contributed by atoms with E-state index in [0.717, 1.165) is 11.3 Å². The van der Waals surface area contributed by atoms with E-state index in [0.29, 0.717) is 44.3 Å². The maximum absolute atomic E-state index is 14.0. The molecule has 1 aliphatic heterocycles. The van der Waals surface area contributed by atoms with Crippen LogP contribution in [0.3, 0.4) is 0 Å². The number of esters is 1. The van der Waals surface area contributed by atoms with Crippen molar-refractivity contribution in [2.24, 2.45) is 4.99 Å². The number of thiazole rings is 1. The third-order valence-corrected chi connectivity index (χ3v) is 8.13. The van der Waals surface area contributed by atoms with Crippen LogP contribution in [-0.4, -0.2) is 22.1 Å². The lowest BCUT2D eigenvalue weighted by molar-refractivity contribution is -0.385. The van der Waals surface area contributed by atoms with Gasteiger partial charge < -0.3 is 9.15 Å². The Labute approximate surface area is 253 Å². The number of hydrogen-bond donors (Lipinski definition) is 0. The van der Waals surface area contributed by atoms with Crippen molar-refractivity contribution in [3.8, 4) is 11.3 Å². The van der Waals surface area contributed by atoms with Crippen LogP contribution in [-0.2, 0) is 9.53 Å². The van der Waals surface area contributed by atoms with Gasteiger partial charge in [-0.25, -0.2) is 14.2 Å². The third-order valence-electron chi connectivity index (χ3n) is 7.15. The van der Waals surface area contributed by atoms with E-state index in [-0.39, 0.29) is 22.4 Å². The van der Waals surface area contributed by atoms with Gasteiger partial charge in [0.15, 0.2) is 4.80 Å². The van der Waals surface area contributed by atoms with Gasteiger partial charge in [0.25, 0.3) is 11.2 Å². The standard InChI is InChI=1S/C33H24FN3O6S/c1-3-42-32(39)28-29(20-7-5-4-6-8-20)35-33-36(30(28)21-11-13-23(34)14-12-21)31(38)27(44-33)18-24-15-16-26(43-24)22-10-9-19(2)25(17-22)37(40)41/h4-18,30H,3H2,1-2H3/b27-18-/t30-/m0/s1. The molecule has 3 aromatic carbocycles. The smallest absolute Gasteiger partial charge is 0.338 e. The number of halogens is 1. The van der Waals surface area contributed by atoms with E-state index in [9.17, 15) is 24.1 Å². The van der Waals surface area contributed by atoms with Gasteiger partial charge in [0.2, 0.25) is 0 Å². The average molecular weight is 610 g/mol. The molecule has 0 N–H and O–H groups in total. The summed E-state index contributed by atoms with van der Waals surface area (Å²) in [6.45, 7) is 3.45. The van der Waals surface area contributed by atoms with Crippen LogP contribution in [0.15, 0.2) is 105 Å². The number of fused-ring (bicyclic) bond motifs is 1. The molecule has 0 saturated carbocycles. The number of aryl methyl sites for hydroxylation is 1. The molecule has 0 spiro atoms. The highest BCUT2D eigenvalue weighted by Gasteiger charge is 2.35. The minimum Gasteiger partial charge on any atom is -0.463 e. The zero-order chi connectivity index (χ0) is 31.0. The summed E-state index contributed by atoms with van der Waals surface area (Å²) in [5, 5.41) is 11.4. The third kappa shape index (κ3) is 5.29. The van der Waals surface area contributed by atoms with Crippen molar-refractivity contribution in [3.63, 3.8) is 0 Å². The van der Waals surface area contributed by atoms with Crippen LogP contribution in [0.4, 0.5) is 10.1 Å². The first-order valence-corrected chi connectivity index (χ1v) is 14.5. The fourth-order valence-electron chi connectivity index (χ4n) is 5.07. The average Bonchev–Trinajstić information content (AvgIpc) is 3.61. The summed E-state index contributed by atoms with van der Waals surface area (Å²) in [6, 6.07) is 21.9. The number of ether oxygens (including phenoxy) is 1. The molecule has 44 heavy (non-hydrogen) atoms. The van der Waals surface area contributed by atoms with Gasteiger partial charge in [-0.15, -0.1) is 0 Å². The molecule has 2 aromatic heterocycles. The van der Waals surface area contributed by atoms with Gasteiger partial charge in [0.05, 0.1) is 33.4 Å². The number of nitrogens with zero attached hydrogens (tertiary/aromatic N) is 3. The number of rotatable bonds is 7. The van der Waals surface area contributed by atoms with Crippen molar-refractivity contribution in [1.82, 2.24) is 4.57 Å². The number of nitro benzene ring substituents is 1. The molecular weight excluding hydrogens is 585 g/mol. The Bertz CT molecular complexity index is 2130. The molecule has 0 amide bonds. The quantitative estimate of drug-likeness (QED) is 0.136. The second kappa shape index (κ2) is 11.7. The number of carbonyl (C=O) groups is 1. The molecule has 6 rings (SSSR count). The zero-order valence-corrected chi connectivity index (χ0v) is 24.3. The van der Waals surface area contributed by atoms with Gasteiger partial charge in [-0.3, -0.25) is 19.5 Å². The summed E-state index contributed by atoms with van der Waals surface area (Å²) >= 11 is 1.12. The van der Waals surface area contributed by atoms with Gasteiger partial charge in [-0.2, -0.15) is 0 Å². The van der Waals surface area contributed by atoms with Crippen LogP contribution in [0, 0.1) is 22.9 Å². The van der Waals surface area contributed by atoms with Crippen molar-refractivity contribution in [1.29, 1.82) is 0 Å². The number of hydrogen-bond acceptors (Lipinski definition) is 8. The molecule has 5 aromatic rings. The Kier molecular flexibility index (Phi) is 7.62. The van der Waals surface area contributed by atoms with Crippen molar-refractivity contribution in [3.05, 3.63) is 149 Å². The van der Waals surface area contributed by atoms with E-state index in [4.69, 9.17) is 14.1 Å². The predicted molar refractivity (Wildman–Crippen MR) is 163 cm³/mol. The summed E-state index contributed by atoms with van der Waals surface area (Å²) < 4.78 is 27.1.